The van der Waals surface area contributed by atoms with Crippen molar-refractivity contribution in [3.63, 3.8) is 0 Å². The van der Waals surface area contributed by atoms with Crippen molar-refractivity contribution in [1.82, 2.24) is 0 Å². The lowest BCUT2D eigenvalue weighted by Crippen LogP contribution is -2.53. The number of quaternary nitrogens is 1. The molecule has 1 saturated heterocycles. The van der Waals surface area contributed by atoms with Gasteiger partial charge in [-0.15, -0.1) is 0 Å². The Balaban J connectivity index is 2.37. The third-order valence-corrected chi connectivity index (χ3v) is 2.36. The van der Waals surface area contributed by atoms with Crippen LogP contribution in [0.2, 0.25) is 0 Å². The summed E-state index contributed by atoms with van der Waals surface area (Å²) < 4.78 is 6.54. The molecular weight excluding hydrogens is 138 g/mol. The standard InChI is InChI=1S/C9H20NO/c1-9(2)8-10(3)4-6-11-7-5-10/h9H,4-8H2,1-3H3/q+1. The largest absolute Gasteiger partial charge is 0.370 e. The average molecular weight is 158 g/mol. The third-order valence-electron chi connectivity index (χ3n) is 2.36. The summed E-state index contributed by atoms with van der Waals surface area (Å²) in [7, 11) is 2.34. The number of hydrogen-bond acceptors (Lipinski definition) is 1. The topological polar surface area (TPSA) is 9.23 Å². The van der Waals surface area contributed by atoms with Gasteiger partial charge < -0.3 is 9.22 Å². The minimum atomic E-state index is 0.804. The Morgan fingerprint density at radius 2 is 1.82 bits per heavy atom. The molecule has 0 aromatic rings. The van der Waals surface area contributed by atoms with Gasteiger partial charge in [-0.25, -0.2) is 0 Å². The van der Waals surface area contributed by atoms with E-state index in [1.54, 1.807) is 0 Å². The first kappa shape index (κ1) is 9.01. The molecule has 0 aliphatic carbocycles. The first-order valence-electron chi connectivity index (χ1n) is 4.54. The van der Waals surface area contributed by atoms with E-state index in [4.69, 9.17) is 4.74 Å². The summed E-state index contributed by atoms with van der Waals surface area (Å²) in [6, 6.07) is 0. The van der Waals surface area contributed by atoms with Gasteiger partial charge in [0.15, 0.2) is 0 Å². The summed E-state index contributed by atoms with van der Waals surface area (Å²) >= 11 is 0. The maximum atomic E-state index is 5.33. The summed E-state index contributed by atoms with van der Waals surface area (Å²) in [6.07, 6.45) is 0. The van der Waals surface area contributed by atoms with Gasteiger partial charge in [0.2, 0.25) is 0 Å². The smallest absolute Gasteiger partial charge is 0.102 e. The molecule has 1 aliphatic heterocycles. The SMILES string of the molecule is CC(C)C[N+]1(C)CCOCC1. The van der Waals surface area contributed by atoms with Gasteiger partial charge in [-0.1, -0.05) is 13.8 Å². The van der Waals surface area contributed by atoms with E-state index in [0.717, 1.165) is 19.1 Å². The molecular formula is C9H20NO+. The van der Waals surface area contributed by atoms with Crippen LogP contribution in [0, 0.1) is 5.92 Å². The Morgan fingerprint density at radius 1 is 1.27 bits per heavy atom. The Kier molecular flexibility index (Phi) is 2.90. The molecule has 11 heavy (non-hydrogen) atoms. The fraction of sp³-hybridized carbons (Fsp3) is 1.00. The molecule has 0 N–H and O–H groups in total. The van der Waals surface area contributed by atoms with Gasteiger partial charge in [0.05, 0.1) is 26.8 Å². The van der Waals surface area contributed by atoms with Crippen molar-refractivity contribution in [2.75, 3.05) is 39.9 Å². The zero-order valence-electron chi connectivity index (χ0n) is 7.97. The summed E-state index contributed by atoms with van der Waals surface area (Å²) in [5.41, 5.74) is 0. The molecule has 0 aromatic carbocycles. The quantitative estimate of drug-likeness (QED) is 0.547. The predicted octanol–water partition coefficient (Wildman–Crippen LogP) is 1.12. The molecule has 1 aliphatic rings. The van der Waals surface area contributed by atoms with Crippen LogP contribution < -0.4 is 0 Å². The number of ether oxygens (including phenoxy) is 1. The van der Waals surface area contributed by atoms with E-state index >= 15 is 0 Å². The second-order valence-electron chi connectivity index (χ2n) is 4.26. The van der Waals surface area contributed by atoms with Crippen molar-refractivity contribution >= 4 is 0 Å². The molecule has 0 aromatic heterocycles. The number of rotatable bonds is 2. The van der Waals surface area contributed by atoms with Crippen LogP contribution >= 0.6 is 0 Å². The van der Waals surface area contributed by atoms with Crippen LogP contribution in [0.3, 0.4) is 0 Å². The molecule has 2 heteroatoms. The predicted molar refractivity (Wildman–Crippen MR) is 46.4 cm³/mol. The molecule has 0 unspecified atom stereocenters. The highest BCUT2D eigenvalue weighted by Crippen LogP contribution is 2.10. The van der Waals surface area contributed by atoms with E-state index in [1.807, 2.05) is 0 Å². The maximum absolute atomic E-state index is 5.33. The van der Waals surface area contributed by atoms with Crippen molar-refractivity contribution < 1.29 is 9.22 Å². The van der Waals surface area contributed by atoms with Crippen molar-refractivity contribution in [1.29, 1.82) is 0 Å². The Morgan fingerprint density at radius 3 is 2.27 bits per heavy atom. The van der Waals surface area contributed by atoms with Crippen LogP contribution in [0.15, 0.2) is 0 Å². The Bertz CT molecular complexity index is 117. The van der Waals surface area contributed by atoms with Crippen LogP contribution in [-0.4, -0.2) is 44.4 Å². The molecule has 0 saturated carbocycles. The van der Waals surface area contributed by atoms with Crippen molar-refractivity contribution in [2.45, 2.75) is 13.8 Å². The number of likely N-dealkylation sites (N-methyl/N-ethyl adjacent to an activating group) is 1. The molecule has 66 valence electrons. The maximum Gasteiger partial charge on any atom is 0.102 e. The molecule has 1 heterocycles. The van der Waals surface area contributed by atoms with Gasteiger partial charge in [0.1, 0.15) is 13.1 Å². The Hall–Kier alpha value is -0.0800. The van der Waals surface area contributed by atoms with E-state index in [-0.39, 0.29) is 0 Å². The minimum Gasteiger partial charge on any atom is -0.370 e. The molecule has 0 radical (unpaired) electrons. The van der Waals surface area contributed by atoms with Crippen LogP contribution in [-0.2, 0) is 4.74 Å². The van der Waals surface area contributed by atoms with Gasteiger partial charge in [0.25, 0.3) is 0 Å². The van der Waals surface area contributed by atoms with Gasteiger partial charge in [-0.2, -0.15) is 0 Å². The minimum absolute atomic E-state index is 0.804. The second kappa shape index (κ2) is 3.55. The lowest BCUT2D eigenvalue weighted by atomic mass is 10.1. The van der Waals surface area contributed by atoms with E-state index in [9.17, 15) is 0 Å². The van der Waals surface area contributed by atoms with Crippen LogP contribution in [0.1, 0.15) is 13.8 Å². The first-order valence-corrected chi connectivity index (χ1v) is 4.54. The highest BCUT2D eigenvalue weighted by molar-refractivity contribution is 4.49. The number of morpholine rings is 1. The Labute approximate surface area is 69.7 Å². The van der Waals surface area contributed by atoms with Crippen LogP contribution in [0.4, 0.5) is 0 Å². The van der Waals surface area contributed by atoms with Crippen LogP contribution in [0.5, 0.6) is 0 Å². The number of hydrogen-bond donors (Lipinski definition) is 0. The molecule has 0 atom stereocenters. The molecule has 0 bridgehead atoms. The van der Waals surface area contributed by atoms with Crippen molar-refractivity contribution in [3.05, 3.63) is 0 Å². The fourth-order valence-electron chi connectivity index (χ4n) is 1.85. The second-order valence-corrected chi connectivity index (χ2v) is 4.26. The normalized spacial score (nSPS) is 24.0. The zero-order chi connectivity index (χ0) is 8.32. The van der Waals surface area contributed by atoms with Crippen LogP contribution in [0.25, 0.3) is 0 Å². The molecule has 1 fully saturated rings. The van der Waals surface area contributed by atoms with Gasteiger partial charge in [-0.3, -0.25) is 0 Å². The summed E-state index contributed by atoms with van der Waals surface area (Å²) in [6.45, 7) is 10.2. The van der Waals surface area contributed by atoms with Gasteiger partial charge in [0, 0.05) is 5.92 Å². The van der Waals surface area contributed by atoms with E-state index in [2.05, 4.69) is 20.9 Å². The van der Waals surface area contributed by atoms with Crippen molar-refractivity contribution in [2.24, 2.45) is 5.92 Å². The lowest BCUT2D eigenvalue weighted by molar-refractivity contribution is -0.919. The summed E-state index contributed by atoms with van der Waals surface area (Å²) in [5, 5.41) is 0. The molecule has 0 spiro atoms. The van der Waals surface area contributed by atoms with E-state index < -0.39 is 0 Å². The van der Waals surface area contributed by atoms with Gasteiger partial charge in [-0.05, 0) is 0 Å². The molecule has 0 amide bonds. The summed E-state index contributed by atoms with van der Waals surface area (Å²) in [5.74, 6) is 0.804. The monoisotopic (exact) mass is 158 g/mol. The summed E-state index contributed by atoms with van der Waals surface area (Å²) in [4.78, 5) is 0. The van der Waals surface area contributed by atoms with Crippen molar-refractivity contribution in [3.8, 4) is 0 Å². The highest BCUT2D eigenvalue weighted by Gasteiger charge is 2.25. The average Bonchev–Trinajstić information content (AvgIpc) is 1.85. The lowest BCUT2D eigenvalue weighted by Gasteiger charge is -2.38. The van der Waals surface area contributed by atoms with E-state index in [0.29, 0.717) is 0 Å². The fourth-order valence-corrected chi connectivity index (χ4v) is 1.85. The highest BCUT2D eigenvalue weighted by atomic mass is 16.5. The first-order chi connectivity index (χ1) is 5.12. The van der Waals surface area contributed by atoms with Gasteiger partial charge >= 0.3 is 0 Å². The molecule has 2 nitrogen and oxygen atoms in total. The van der Waals surface area contributed by atoms with E-state index in [1.165, 1.54) is 24.1 Å². The third kappa shape index (κ3) is 2.80. The number of nitrogens with zero attached hydrogens (tertiary/aromatic N) is 1. The molecule has 1 rings (SSSR count). The zero-order valence-corrected chi connectivity index (χ0v) is 7.97.